The van der Waals surface area contributed by atoms with Gasteiger partial charge in [0, 0.05) is 42.4 Å². The first-order valence-corrected chi connectivity index (χ1v) is 16.2. The number of aromatic nitrogens is 1. The number of nitrogens with one attached hydrogen (secondary N) is 2. The lowest BCUT2D eigenvalue weighted by molar-refractivity contribution is -0.378. The minimum atomic E-state index is -0.651. The number of thiophene rings is 1. The molecule has 0 bridgehead atoms. The van der Waals surface area contributed by atoms with Crippen LogP contribution in [0.2, 0.25) is 5.02 Å². The van der Waals surface area contributed by atoms with E-state index in [1.54, 1.807) is 32.5 Å². The topological polar surface area (TPSA) is 100 Å². The Labute approximate surface area is 278 Å². The zero-order valence-electron chi connectivity index (χ0n) is 26.4. The van der Waals surface area contributed by atoms with E-state index >= 15 is 0 Å². The predicted molar refractivity (Wildman–Crippen MR) is 176 cm³/mol. The molecule has 1 aliphatic rings. The monoisotopic (exact) mass is 664 g/mol. The third-order valence-electron chi connectivity index (χ3n) is 8.01. The highest BCUT2D eigenvalue weighted by molar-refractivity contribution is 7.13. The number of aromatic amines is 1. The van der Waals surface area contributed by atoms with Crippen molar-refractivity contribution >= 4 is 34.9 Å². The van der Waals surface area contributed by atoms with E-state index in [2.05, 4.69) is 15.2 Å². The lowest BCUT2D eigenvalue weighted by Gasteiger charge is -2.35. The van der Waals surface area contributed by atoms with Crippen molar-refractivity contribution in [2.75, 3.05) is 41.0 Å². The molecule has 5 rings (SSSR count). The molecule has 0 saturated carbocycles. The first-order valence-electron chi connectivity index (χ1n) is 15.1. The highest BCUT2D eigenvalue weighted by Crippen LogP contribution is 2.35. The highest BCUT2D eigenvalue weighted by Gasteiger charge is 2.28. The summed E-state index contributed by atoms with van der Waals surface area (Å²) in [5, 5.41) is 3.89. The minimum Gasteiger partial charge on any atom is -0.493 e. The molecule has 1 aliphatic heterocycles. The molecule has 1 fully saturated rings. The van der Waals surface area contributed by atoms with Crippen LogP contribution in [0.5, 0.6) is 11.5 Å². The normalized spacial score (nSPS) is 14.6. The Morgan fingerprint density at radius 2 is 1.78 bits per heavy atom. The molecule has 242 valence electrons. The number of nitrogens with zero attached hydrogens (tertiary/aromatic N) is 1. The molecule has 0 aliphatic carbocycles. The molecule has 9 nitrogen and oxygen atoms in total. The molecule has 2 aromatic heterocycles. The van der Waals surface area contributed by atoms with Crippen molar-refractivity contribution in [3.8, 4) is 11.5 Å². The molecule has 0 amide bonds. The summed E-state index contributed by atoms with van der Waals surface area (Å²) >= 11 is 7.86. The molecule has 2 atom stereocenters. The number of esters is 2. The number of H-pyrrole nitrogens is 1. The molecule has 0 radical (unpaired) electrons. The van der Waals surface area contributed by atoms with Crippen LogP contribution < -0.4 is 19.8 Å². The number of benzene rings is 2. The lowest BCUT2D eigenvalue weighted by atomic mass is 9.98. The van der Waals surface area contributed by atoms with E-state index in [4.69, 9.17) is 30.5 Å². The summed E-state index contributed by atoms with van der Waals surface area (Å²) in [6.45, 7) is 4.57. The second-order valence-corrected chi connectivity index (χ2v) is 13.0. The van der Waals surface area contributed by atoms with Crippen LogP contribution in [0.15, 0.2) is 73.1 Å². The zero-order chi connectivity index (χ0) is 32.6. The standard InChI is InChI=1S/C35H38ClN3O6S/c1-22-16-37-18-28(36)27(22)15-30(25-10-12-29(42-3)31(14-25)43-4)45-34(40)32-13-11-26(46-32)17-38-33(24-8-6-5-7-9-24)35(41)44-21-23-19-39(2)20-23/h5-14,16,18,23,30,33,38H,15,17,19-21H2,1-4H3/p+1. The molecule has 2 N–H and O–H groups in total. The third kappa shape index (κ3) is 8.24. The summed E-state index contributed by atoms with van der Waals surface area (Å²) in [6, 6.07) is 17.9. The van der Waals surface area contributed by atoms with E-state index in [9.17, 15) is 9.59 Å². The number of likely N-dealkylation sites (tertiary alicyclic amines) is 1. The van der Waals surface area contributed by atoms with E-state index < -0.39 is 18.1 Å². The SMILES string of the molecule is COc1ccc(C(Cc2c(C)c[nH+]cc2Cl)OC(=O)c2ccc(CNC(C(=O)OCC3CN(C)C3)c3ccccc3)s2)cc1OC. The fourth-order valence-corrected chi connectivity index (χ4v) is 6.63. The van der Waals surface area contributed by atoms with Crippen molar-refractivity contribution in [2.24, 2.45) is 5.92 Å². The number of aryl methyl sites for hydroxylation is 1. The van der Waals surface area contributed by atoms with Crippen LogP contribution in [0.1, 0.15) is 48.9 Å². The number of pyridine rings is 1. The smallest absolute Gasteiger partial charge is 0.348 e. The number of methoxy groups -OCH3 is 2. The van der Waals surface area contributed by atoms with Crippen LogP contribution in [0.4, 0.5) is 0 Å². The van der Waals surface area contributed by atoms with Gasteiger partial charge in [-0.1, -0.05) is 48.0 Å². The van der Waals surface area contributed by atoms with Gasteiger partial charge in [0.15, 0.2) is 23.9 Å². The van der Waals surface area contributed by atoms with Crippen molar-refractivity contribution in [3.63, 3.8) is 0 Å². The molecule has 2 unspecified atom stereocenters. The number of ether oxygens (including phenoxy) is 4. The number of halogens is 1. The lowest BCUT2D eigenvalue weighted by Crippen LogP contribution is -2.46. The van der Waals surface area contributed by atoms with Gasteiger partial charge in [-0.2, -0.15) is 0 Å². The maximum atomic E-state index is 13.5. The number of carbonyl (C=O) groups excluding carboxylic acids is 2. The van der Waals surface area contributed by atoms with Gasteiger partial charge < -0.3 is 23.8 Å². The Morgan fingerprint density at radius 3 is 2.48 bits per heavy atom. The highest BCUT2D eigenvalue weighted by atomic mass is 35.5. The van der Waals surface area contributed by atoms with Gasteiger partial charge in [-0.05, 0) is 54.9 Å². The summed E-state index contributed by atoms with van der Waals surface area (Å²) < 4.78 is 22.8. The maximum Gasteiger partial charge on any atom is 0.348 e. The summed E-state index contributed by atoms with van der Waals surface area (Å²) in [5.74, 6) is 0.683. The van der Waals surface area contributed by atoms with Gasteiger partial charge in [0.05, 0.1) is 20.8 Å². The molecular formula is C35H39ClN3O6S+. The number of hydrogen-bond donors (Lipinski definition) is 1. The van der Waals surface area contributed by atoms with Gasteiger partial charge in [-0.25, -0.2) is 14.6 Å². The van der Waals surface area contributed by atoms with E-state index in [0.29, 0.717) is 46.9 Å². The van der Waals surface area contributed by atoms with E-state index in [1.165, 1.54) is 11.3 Å². The summed E-state index contributed by atoms with van der Waals surface area (Å²) in [4.78, 5) is 33.2. The first-order chi connectivity index (χ1) is 22.2. The van der Waals surface area contributed by atoms with Gasteiger partial charge in [0.25, 0.3) is 0 Å². The second-order valence-electron chi connectivity index (χ2n) is 11.4. The van der Waals surface area contributed by atoms with Crippen LogP contribution in [0.3, 0.4) is 0 Å². The number of rotatable bonds is 14. The third-order valence-corrected chi connectivity index (χ3v) is 9.41. The van der Waals surface area contributed by atoms with Crippen molar-refractivity contribution in [2.45, 2.75) is 32.0 Å². The van der Waals surface area contributed by atoms with Gasteiger partial charge in [0.2, 0.25) is 0 Å². The molecule has 1 saturated heterocycles. The van der Waals surface area contributed by atoms with Gasteiger partial charge >= 0.3 is 11.9 Å². The average molecular weight is 665 g/mol. The van der Waals surface area contributed by atoms with Crippen molar-refractivity contribution in [1.82, 2.24) is 10.2 Å². The summed E-state index contributed by atoms with van der Waals surface area (Å²) in [5.41, 5.74) is 3.38. The second kappa shape index (κ2) is 15.6. The molecule has 4 aromatic rings. The van der Waals surface area contributed by atoms with Gasteiger partial charge in [0.1, 0.15) is 22.0 Å². The predicted octanol–water partition coefficient (Wildman–Crippen LogP) is 5.62. The zero-order valence-corrected chi connectivity index (χ0v) is 28.0. The van der Waals surface area contributed by atoms with Gasteiger partial charge in [-0.15, -0.1) is 11.3 Å². The van der Waals surface area contributed by atoms with E-state index in [-0.39, 0.29) is 5.97 Å². The van der Waals surface area contributed by atoms with E-state index in [1.807, 2.05) is 68.7 Å². The quantitative estimate of drug-likeness (QED) is 0.174. The largest absolute Gasteiger partial charge is 0.493 e. The number of hydrogen-bond acceptors (Lipinski definition) is 9. The molecule has 11 heteroatoms. The van der Waals surface area contributed by atoms with Gasteiger partial charge in [-0.3, -0.25) is 5.32 Å². The maximum absolute atomic E-state index is 13.5. The molecule has 3 heterocycles. The Balaban J connectivity index is 1.30. The van der Waals surface area contributed by atoms with Crippen molar-refractivity contribution in [1.29, 1.82) is 0 Å². The average Bonchev–Trinajstić information content (AvgIpc) is 3.53. The van der Waals surface area contributed by atoms with Crippen LogP contribution in [0.25, 0.3) is 0 Å². The van der Waals surface area contributed by atoms with Crippen LogP contribution in [0, 0.1) is 12.8 Å². The summed E-state index contributed by atoms with van der Waals surface area (Å²) in [6.07, 6.45) is 3.28. The molecular weight excluding hydrogens is 626 g/mol. The molecule has 2 aromatic carbocycles. The summed E-state index contributed by atoms with van der Waals surface area (Å²) in [7, 11) is 5.18. The van der Waals surface area contributed by atoms with Crippen LogP contribution in [-0.4, -0.2) is 57.8 Å². The van der Waals surface area contributed by atoms with Crippen molar-refractivity contribution < 1.29 is 33.5 Å². The molecule has 0 spiro atoms. The Kier molecular flexibility index (Phi) is 11.3. The number of carbonyl (C=O) groups is 2. The van der Waals surface area contributed by atoms with Crippen molar-refractivity contribution in [3.05, 3.63) is 110 Å². The Bertz CT molecular complexity index is 1620. The fraction of sp³-hybridized carbons (Fsp3) is 0.343. The fourth-order valence-electron chi connectivity index (χ4n) is 5.50. The molecule has 46 heavy (non-hydrogen) atoms. The van der Waals surface area contributed by atoms with Crippen LogP contribution >= 0.6 is 22.9 Å². The Morgan fingerprint density at radius 1 is 1.02 bits per heavy atom. The minimum absolute atomic E-state index is 0.317. The van der Waals surface area contributed by atoms with E-state index in [0.717, 1.165) is 40.2 Å². The Hall–Kier alpha value is -3.96. The van der Waals surface area contributed by atoms with Crippen LogP contribution in [-0.2, 0) is 27.2 Å². The first kappa shape index (κ1) is 33.4.